The number of hydrogen-bond acceptors (Lipinski definition) is 4. The average Bonchev–Trinajstić information content (AvgIpc) is 3.26. The first kappa shape index (κ1) is 26.5. The van der Waals surface area contributed by atoms with E-state index in [4.69, 9.17) is 4.42 Å². The Morgan fingerprint density at radius 1 is 0.946 bits per heavy atom. The van der Waals surface area contributed by atoms with Crippen LogP contribution in [0.4, 0.5) is 5.69 Å². The summed E-state index contributed by atoms with van der Waals surface area (Å²) in [5.74, 6) is 0.194. The largest absolute Gasteiger partial charge is 0.455 e. The molecule has 0 aliphatic rings. The Bertz CT molecular complexity index is 1490. The number of benzene rings is 3. The Kier molecular flexibility index (Phi) is 8.03. The highest BCUT2D eigenvalue weighted by Gasteiger charge is 2.27. The zero-order chi connectivity index (χ0) is 26.6. The second-order valence-corrected chi connectivity index (χ2v) is 11.3. The maximum Gasteiger partial charge on any atom is 0.255 e. The predicted molar refractivity (Wildman–Crippen MR) is 152 cm³/mol. The smallest absolute Gasteiger partial charge is 0.255 e. The molecule has 0 radical (unpaired) electrons. The maximum absolute atomic E-state index is 13.1. The lowest BCUT2D eigenvalue weighted by Crippen LogP contribution is -2.31. The topological polar surface area (TPSA) is 79.6 Å². The van der Waals surface area contributed by atoms with Crippen molar-refractivity contribution >= 4 is 32.6 Å². The average molecular weight is 519 g/mol. The van der Waals surface area contributed by atoms with Crippen LogP contribution in [-0.4, -0.2) is 34.2 Å². The van der Waals surface area contributed by atoms with Gasteiger partial charge in [-0.2, -0.15) is 0 Å². The van der Waals surface area contributed by atoms with E-state index in [1.165, 1.54) is 10.6 Å². The van der Waals surface area contributed by atoms with Crippen molar-refractivity contribution in [1.29, 1.82) is 0 Å². The van der Waals surface area contributed by atoms with Gasteiger partial charge < -0.3 is 9.73 Å². The summed E-state index contributed by atoms with van der Waals surface area (Å²) in [5, 5.41) is 3.37. The molecule has 1 aromatic heterocycles. The van der Waals surface area contributed by atoms with E-state index in [0.29, 0.717) is 34.5 Å². The molecule has 7 heteroatoms. The first-order chi connectivity index (χ1) is 17.7. The van der Waals surface area contributed by atoms with Gasteiger partial charge in [-0.1, -0.05) is 86.3 Å². The summed E-state index contributed by atoms with van der Waals surface area (Å²) in [7, 11) is -1.98. The Morgan fingerprint density at radius 2 is 1.65 bits per heavy atom. The Hall–Kier alpha value is -3.58. The van der Waals surface area contributed by atoms with Crippen molar-refractivity contribution < 1.29 is 17.6 Å². The molecule has 1 heterocycles. The number of anilines is 1. The van der Waals surface area contributed by atoms with Crippen LogP contribution < -0.4 is 9.62 Å². The number of aryl methyl sites for hydroxylation is 1. The Morgan fingerprint density at radius 3 is 2.27 bits per heavy atom. The number of unbranched alkanes of at least 4 members (excludes halogenated alkanes) is 3. The summed E-state index contributed by atoms with van der Waals surface area (Å²) in [5.41, 5.74) is 4.91. The number of fused-ring (bicyclic) bond motifs is 1. The first-order valence-electron chi connectivity index (χ1n) is 12.7. The molecular formula is C30H34N2O4S. The summed E-state index contributed by atoms with van der Waals surface area (Å²) in [6.45, 7) is 4.50. The van der Waals surface area contributed by atoms with Crippen LogP contribution in [0.15, 0.2) is 71.1 Å². The third kappa shape index (κ3) is 5.72. The molecule has 0 unspecified atom stereocenters. The third-order valence-corrected chi connectivity index (χ3v) is 7.72. The number of nitrogens with one attached hydrogen (secondary N) is 1. The van der Waals surface area contributed by atoms with Crippen LogP contribution in [-0.2, 0) is 10.0 Å². The molecule has 0 fully saturated rings. The van der Waals surface area contributed by atoms with E-state index in [0.717, 1.165) is 47.9 Å². The van der Waals surface area contributed by atoms with E-state index in [2.05, 4.69) is 12.2 Å². The van der Waals surface area contributed by atoms with Crippen molar-refractivity contribution in [2.75, 3.05) is 24.2 Å². The van der Waals surface area contributed by atoms with Gasteiger partial charge in [0.25, 0.3) is 5.91 Å². The molecule has 0 spiro atoms. The van der Waals surface area contributed by atoms with E-state index >= 15 is 0 Å². The van der Waals surface area contributed by atoms with Gasteiger partial charge in [0.2, 0.25) is 10.0 Å². The highest BCUT2D eigenvalue weighted by Crippen LogP contribution is 2.41. The highest BCUT2D eigenvalue weighted by molar-refractivity contribution is 7.92. The molecule has 194 valence electrons. The monoisotopic (exact) mass is 518 g/mol. The summed E-state index contributed by atoms with van der Waals surface area (Å²) in [4.78, 5) is 13.1. The van der Waals surface area contributed by atoms with Crippen molar-refractivity contribution in [3.05, 3.63) is 77.9 Å². The number of carbonyl (C=O) groups excluding carboxylic acids is 1. The SMILES string of the molecule is CCCCCCN(c1cc2oc(-c3ccc(C)cc3)c(C(=O)NC)c2cc1-c1ccccc1)S(C)(=O)=O. The van der Waals surface area contributed by atoms with Crippen LogP contribution in [0, 0.1) is 6.92 Å². The van der Waals surface area contributed by atoms with Gasteiger partial charge >= 0.3 is 0 Å². The molecule has 0 aliphatic heterocycles. The second kappa shape index (κ2) is 11.2. The minimum atomic E-state index is -3.57. The van der Waals surface area contributed by atoms with Gasteiger partial charge in [0.15, 0.2) is 0 Å². The van der Waals surface area contributed by atoms with Crippen molar-refractivity contribution in [1.82, 2.24) is 5.32 Å². The number of amides is 1. The van der Waals surface area contributed by atoms with Gasteiger partial charge in [-0.05, 0) is 25.0 Å². The number of furan rings is 1. The molecule has 4 rings (SSSR count). The van der Waals surface area contributed by atoms with Crippen molar-refractivity contribution in [2.24, 2.45) is 0 Å². The molecule has 6 nitrogen and oxygen atoms in total. The Balaban J connectivity index is 1.99. The van der Waals surface area contributed by atoms with Crippen LogP contribution in [0.2, 0.25) is 0 Å². The van der Waals surface area contributed by atoms with Crippen LogP contribution in [0.25, 0.3) is 33.4 Å². The molecule has 3 aromatic carbocycles. The molecular weight excluding hydrogens is 484 g/mol. The van der Waals surface area contributed by atoms with E-state index in [1.54, 1.807) is 13.1 Å². The van der Waals surface area contributed by atoms with E-state index in [1.807, 2.05) is 67.6 Å². The molecule has 0 aliphatic carbocycles. The molecule has 1 N–H and O–H groups in total. The third-order valence-electron chi connectivity index (χ3n) is 6.54. The van der Waals surface area contributed by atoms with Crippen LogP contribution in [0.1, 0.15) is 48.5 Å². The normalized spacial score (nSPS) is 11.6. The van der Waals surface area contributed by atoms with E-state index in [-0.39, 0.29) is 5.91 Å². The van der Waals surface area contributed by atoms with Crippen LogP contribution in [0.3, 0.4) is 0 Å². The first-order valence-corrected chi connectivity index (χ1v) is 14.5. The summed E-state index contributed by atoms with van der Waals surface area (Å²) < 4.78 is 33.8. The molecule has 0 bridgehead atoms. The van der Waals surface area contributed by atoms with Crippen molar-refractivity contribution in [3.8, 4) is 22.5 Å². The van der Waals surface area contributed by atoms with Crippen molar-refractivity contribution in [2.45, 2.75) is 39.5 Å². The van der Waals surface area contributed by atoms with E-state index in [9.17, 15) is 13.2 Å². The summed E-state index contributed by atoms with van der Waals surface area (Å²) >= 11 is 0. The predicted octanol–water partition coefficient (Wildman–Crippen LogP) is 6.78. The minimum Gasteiger partial charge on any atom is -0.455 e. The number of hydrogen-bond donors (Lipinski definition) is 1. The summed E-state index contributed by atoms with van der Waals surface area (Å²) in [6.07, 6.45) is 5.06. The summed E-state index contributed by atoms with van der Waals surface area (Å²) in [6, 6.07) is 21.1. The lowest BCUT2D eigenvalue weighted by Gasteiger charge is -2.25. The number of carbonyl (C=O) groups is 1. The van der Waals surface area contributed by atoms with Gasteiger partial charge in [-0.3, -0.25) is 9.10 Å². The number of sulfonamides is 1. The van der Waals surface area contributed by atoms with Crippen LogP contribution in [0.5, 0.6) is 0 Å². The number of nitrogens with zero attached hydrogens (tertiary/aromatic N) is 1. The van der Waals surface area contributed by atoms with E-state index < -0.39 is 10.0 Å². The molecule has 1 amide bonds. The zero-order valence-corrected chi connectivity index (χ0v) is 22.7. The quantitative estimate of drug-likeness (QED) is 0.235. The van der Waals surface area contributed by atoms with Crippen LogP contribution >= 0.6 is 0 Å². The molecule has 0 saturated carbocycles. The van der Waals surface area contributed by atoms with Gasteiger partial charge in [0.05, 0.1) is 17.5 Å². The molecule has 0 atom stereocenters. The molecule has 37 heavy (non-hydrogen) atoms. The van der Waals surface area contributed by atoms with Gasteiger partial charge in [0, 0.05) is 36.2 Å². The molecule has 0 saturated heterocycles. The minimum absolute atomic E-state index is 0.263. The van der Waals surface area contributed by atoms with Gasteiger partial charge in [-0.25, -0.2) is 8.42 Å². The fraction of sp³-hybridized carbons (Fsp3) is 0.300. The standard InChI is InChI=1S/C30H34N2O4S/c1-5-6-7-11-18-32(37(4,34)35)26-20-27-25(19-24(26)22-12-9-8-10-13-22)28(30(33)31-3)29(36-27)23-16-14-21(2)15-17-23/h8-10,12-17,19-20H,5-7,11,18H2,1-4H3,(H,31,33). The zero-order valence-electron chi connectivity index (χ0n) is 21.9. The maximum atomic E-state index is 13.1. The van der Waals surface area contributed by atoms with Gasteiger partial charge in [-0.15, -0.1) is 0 Å². The fourth-order valence-electron chi connectivity index (χ4n) is 4.59. The second-order valence-electron chi connectivity index (χ2n) is 9.38. The fourth-order valence-corrected chi connectivity index (χ4v) is 5.56. The Labute approximate surface area is 219 Å². The van der Waals surface area contributed by atoms with Gasteiger partial charge in [0.1, 0.15) is 11.3 Å². The highest BCUT2D eigenvalue weighted by atomic mass is 32.2. The van der Waals surface area contributed by atoms with Crippen molar-refractivity contribution in [3.63, 3.8) is 0 Å². The lowest BCUT2D eigenvalue weighted by molar-refractivity contribution is 0.0964. The number of rotatable bonds is 10. The lowest BCUT2D eigenvalue weighted by atomic mass is 9.98. The molecule has 4 aromatic rings.